The Bertz CT molecular complexity index is 416. The molecule has 0 aliphatic rings. The Labute approximate surface area is 84.6 Å². The van der Waals surface area contributed by atoms with Gasteiger partial charge in [0, 0.05) is 0 Å². The van der Waals surface area contributed by atoms with E-state index in [2.05, 4.69) is 23.2 Å². The zero-order valence-electron chi connectivity index (χ0n) is 8.39. The maximum atomic E-state index is 8.84. The van der Waals surface area contributed by atoms with Crippen LogP contribution in [0.25, 0.3) is 0 Å². The number of benzene rings is 1. The molecular formula is C12H12N2. The number of hydrogen-bond donors (Lipinski definition) is 1. The quantitative estimate of drug-likeness (QED) is 0.716. The van der Waals surface area contributed by atoms with Crippen molar-refractivity contribution in [1.82, 2.24) is 0 Å². The van der Waals surface area contributed by atoms with Gasteiger partial charge in [-0.3, -0.25) is 0 Å². The van der Waals surface area contributed by atoms with Gasteiger partial charge in [0.05, 0.1) is 17.8 Å². The Balaban J connectivity index is 2.87. The van der Waals surface area contributed by atoms with E-state index in [9.17, 15) is 0 Å². The van der Waals surface area contributed by atoms with Crippen LogP contribution >= 0.6 is 0 Å². The molecule has 0 heterocycles. The Morgan fingerprint density at radius 3 is 2.86 bits per heavy atom. The fourth-order valence-electron chi connectivity index (χ4n) is 1.13. The molecule has 0 unspecified atom stereocenters. The number of rotatable bonds is 2. The summed E-state index contributed by atoms with van der Waals surface area (Å²) in [4.78, 5) is 0. The maximum absolute atomic E-state index is 8.84. The summed E-state index contributed by atoms with van der Waals surface area (Å²) in [5.74, 6) is 5.69. The van der Waals surface area contributed by atoms with Crippen LogP contribution in [0.1, 0.15) is 18.1 Å². The Kier molecular flexibility index (Phi) is 3.58. The van der Waals surface area contributed by atoms with Crippen LogP contribution < -0.4 is 5.32 Å². The molecule has 0 atom stereocenters. The smallest absolute Gasteiger partial charge is 0.101 e. The van der Waals surface area contributed by atoms with Gasteiger partial charge in [-0.05, 0) is 31.5 Å². The first kappa shape index (κ1) is 10.2. The second-order valence-electron chi connectivity index (χ2n) is 2.94. The van der Waals surface area contributed by atoms with E-state index >= 15 is 0 Å². The minimum atomic E-state index is 0.578. The van der Waals surface area contributed by atoms with Crippen molar-refractivity contribution in [3.63, 3.8) is 0 Å². The summed E-state index contributed by atoms with van der Waals surface area (Å²) in [5.41, 5.74) is 2.65. The van der Waals surface area contributed by atoms with E-state index in [1.54, 1.807) is 6.92 Å². The lowest BCUT2D eigenvalue weighted by Gasteiger charge is -2.05. The van der Waals surface area contributed by atoms with Gasteiger partial charge >= 0.3 is 0 Å². The van der Waals surface area contributed by atoms with E-state index in [0.717, 1.165) is 11.3 Å². The highest BCUT2D eigenvalue weighted by atomic mass is 14.9. The second-order valence-corrected chi connectivity index (χ2v) is 2.94. The minimum absolute atomic E-state index is 0.578. The molecular weight excluding hydrogens is 172 g/mol. The van der Waals surface area contributed by atoms with Crippen molar-refractivity contribution < 1.29 is 0 Å². The molecule has 1 rings (SSSR count). The SMILES string of the molecule is CC#CCNc1cc(C)ccc1C#N. The van der Waals surface area contributed by atoms with E-state index in [1.807, 2.05) is 25.1 Å². The standard InChI is InChI=1S/C12H12N2/c1-3-4-7-14-12-8-10(2)5-6-11(12)9-13/h5-6,8,14H,7H2,1-2H3. The van der Waals surface area contributed by atoms with Crippen LogP contribution in [0, 0.1) is 30.1 Å². The molecule has 0 saturated heterocycles. The average Bonchev–Trinajstić information content (AvgIpc) is 2.19. The van der Waals surface area contributed by atoms with Gasteiger partial charge in [0.25, 0.3) is 0 Å². The van der Waals surface area contributed by atoms with Crippen LogP contribution in [0.2, 0.25) is 0 Å². The summed E-state index contributed by atoms with van der Waals surface area (Å²) in [6.07, 6.45) is 0. The summed E-state index contributed by atoms with van der Waals surface area (Å²) >= 11 is 0. The first-order valence-corrected chi connectivity index (χ1v) is 4.42. The summed E-state index contributed by atoms with van der Waals surface area (Å²) in [7, 11) is 0. The van der Waals surface area contributed by atoms with Gasteiger partial charge in [0.15, 0.2) is 0 Å². The molecule has 0 aromatic heterocycles. The number of nitrogens with zero attached hydrogens (tertiary/aromatic N) is 1. The van der Waals surface area contributed by atoms with Crippen molar-refractivity contribution in [2.24, 2.45) is 0 Å². The van der Waals surface area contributed by atoms with Gasteiger partial charge < -0.3 is 5.32 Å². The van der Waals surface area contributed by atoms with Crippen molar-refractivity contribution in [3.05, 3.63) is 29.3 Å². The fourth-order valence-corrected chi connectivity index (χ4v) is 1.13. The van der Waals surface area contributed by atoms with E-state index in [4.69, 9.17) is 5.26 Å². The molecule has 14 heavy (non-hydrogen) atoms. The Hall–Kier alpha value is -1.93. The van der Waals surface area contributed by atoms with E-state index in [-0.39, 0.29) is 0 Å². The molecule has 0 radical (unpaired) electrons. The molecule has 1 aromatic carbocycles. The molecule has 70 valence electrons. The average molecular weight is 184 g/mol. The summed E-state index contributed by atoms with van der Waals surface area (Å²) in [6, 6.07) is 7.84. The first-order chi connectivity index (χ1) is 6.77. The summed E-state index contributed by atoms with van der Waals surface area (Å²) in [6.45, 7) is 4.37. The molecule has 0 spiro atoms. The third-order valence-corrected chi connectivity index (χ3v) is 1.84. The van der Waals surface area contributed by atoms with E-state index in [1.165, 1.54) is 0 Å². The molecule has 0 bridgehead atoms. The predicted molar refractivity (Wildman–Crippen MR) is 57.8 cm³/mol. The third-order valence-electron chi connectivity index (χ3n) is 1.84. The van der Waals surface area contributed by atoms with Crippen LogP contribution in [0.15, 0.2) is 18.2 Å². The zero-order chi connectivity index (χ0) is 10.4. The normalized spacial score (nSPS) is 8.36. The molecule has 2 nitrogen and oxygen atoms in total. The summed E-state index contributed by atoms with van der Waals surface area (Å²) < 4.78 is 0. The van der Waals surface area contributed by atoms with Gasteiger partial charge in [-0.25, -0.2) is 0 Å². The zero-order valence-corrected chi connectivity index (χ0v) is 8.39. The number of nitriles is 1. The molecule has 0 aliphatic carbocycles. The fraction of sp³-hybridized carbons (Fsp3) is 0.250. The Morgan fingerprint density at radius 1 is 1.43 bits per heavy atom. The monoisotopic (exact) mass is 184 g/mol. The molecule has 0 fully saturated rings. The number of nitrogens with one attached hydrogen (secondary N) is 1. The van der Waals surface area contributed by atoms with Gasteiger partial charge in [-0.15, -0.1) is 5.92 Å². The maximum Gasteiger partial charge on any atom is 0.101 e. The second kappa shape index (κ2) is 4.94. The van der Waals surface area contributed by atoms with E-state index in [0.29, 0.717) is 12.1 Å². The highest BCUT2D eigenvalue weighted by Gasteiger charge is 1.99. The van der Waals surface area contributed by atoms with Crippen LogP contribution in [0.4, 0.5) is 5.69 Å². The van der Waals surface area contributed by atoms with Gasteiger partial charge in [0.1, 0.15) is 6.07 Å². The molecule has 0 amide bonds. The van der Waals surface area contributed by atoms with Crippen molar-refractivity contribution >= 4 is 5.69 Å². The van der Waals surface area contributed by atoms with Crippen LogP contribution in [-0.4, -0.2) is 6.54 Å². The lowest BCUT2D eigenvalue weighted by Crippen LogP contribution is -2.01. The van der Waals surface area contributed by atoms with Gasteiger partial charge in [0.2, 0.25) is 0 Å². The van der Waals surface area contributed by atoms with Gasteiger partial charge in [-0.2, -0.15) is 5.26 Å². The highest BCUT2D eigenvalue weighted by Crippen LogP contribution is 2.15. The third kappa shape index (κ3) is 2.54. The highest BCUT2D eigenvalue weighted by molar-refractivity contribution is 5.59. The van der Waals surface area contributed by atoms with Crippen LogP contribution in [-0.2, 0) is 0 Å². The minimum Gasteiger partial charge on any atom is -0.373 e. The van der Waals surface area contributed by atoms with Crippen LogP contribution in [0.3, 0.4) is 0 Å². The number of hydrogen-bond acceptors (Lipinski definition) is 2. The summed E-state index contributed by atoms with van der Waals surface area (Å²) in [5, 5.41) is 11.9. The van der Waals surface area contributed by atoms with Crippen molar-refractivity contribution in [1.29, 1.82) is 5.26 Å². The lowest BCUT2D eigenvalue weighted by molar-refractivity contribution is 1.33. The van der Waals surface area contributed by atoms with Crippen molar-refractivity contribution in [2.45, 2.75) is 13.8 Å². The number of aryl methyl sites for hydroxylation is 1. The molecule has 1 N–H and O–H groups in total. The lowest BCUT2D eigenvalue weighted by atomic mass is 10.1. The number of anilines is 1. The molecule has 0 aliphatic heterocycles. The van der Waals surface area contributed by atoms with Crippen LogP contribution in [0.5, 0.6) is 0 Å². The molecule has 2 heteroatoms. The van der Waals surface area contributed by atoms with Crippen molar-refractivity contribution in [3.8, 4) is 17.9 Å². The first-order valence-electron chi connectivity index (χ1n) is 4.42. The van der Waals surface area contributed by atoms with E-state index < -0.39 is 0 Å². The topological polar surface area (TPSA) is 35.8 Å². The Morgan fingerprint density at radius 2 is 2.21 bits per heavy atom. The predicted octanol–water partition coefficient (Wildman–Crippen LogP) is 2.30. The largest absolute Gasteiger partial charge is 0.373 e. The molecule has 1 aromatic rings. The molecule has 0 saturated carbocycles. The van der Waals surface area contributed by atoms with Gasteiger partial charge in [-0.1, -0.05) is 12.0 Å². The van der Waals surface area contributed by atoms with Crippen molar-refractivity contribution in [2.75, 3.05) is 11.9 Å².